The van der Waals surface area contributed by atoms with Gasteiger partial charge in [0.15, 0.2) is 0 Å². The molecule has 10 nitrogen and oxygen atoms in total. The highest BCUT2D eigenvalue weighted by atomic mass is 35.5. The fourth-order valence-electron chi connectivity index (χ4n) is 4.05. The van der Waals surface area contributed by atoms with Crippen LogP contribution in [0.15, 0.2) is 36.5 Å². The molecule has 1 amide bonds. The molecule has 1 saturated heterocycles. The molecular formula is C23H24ClN7O3S. The van der Waals surface area contributed by atoms with E-state index in [2.05, 4.69) is 20.1 Å². The highest BCUT2D eigenvalue weighted by molar-refractivity contribution is 7.21. The van der Waals surface area contributed by atoms with Gasteiger partial charge in [-0.05, 0) is 18.2 Å². The molecule has 1 fully saturated rings. The summed E-state index contributed by atoms with van der Waals surface area (Å²) < 4.78 is 11.8. The number of nitrogens with two attached hydrogens (primary N) is 2. The second kappa shape index (κ2) is 10.2. The first-order valence-electron chi connectivity index (χ1n) is 11.1. The van der Waals surface area contributed by atoms with Crippen LogP contribution in [0.25, 0.3) is 21.5 Å². The van der Waals surface area contributed by atoms with Crippen LogP contribution in [0.4, 0.5) is 5.69 Å². The van der Waals surface area contributed by atoms with Crippen LogP contribution >= 0.6 is 22.9 Å². The second-order valence-electron chi connectivity index (χ2n) is 8.10. The molecule has 4 aromatic rings. The number of ether oxygens (including phenoxy) is 2. The minimum atomic E-state index is -0.620. The van der Waals surface area contributed by atoms with Gasteiger partial charge in [-0.3, -0.25) is 14.8 Å². The summed E-state index contributed by atoms with van der Waals surface area (Å²) in [6.07, 6.45) is 2.04. The van der Waals surface area contributed by atoms with Gasteiger partial charge < -0.3 is 20.9 Å². The van der Waals surface area contributed by atoms with E-state index in [0.717, 1.165) is 55.4 Å². The number of fused-ring (bicyclic) bond motifs is 1. The zero-order valence-electron chi connectivity index (χ0n) is 18.7. The molecule has 182 valence electrons. The van der Waals surface area contributed by atoms with Crippen molar-refractivity contribution >= 4 is 44.7 Å². The maximum Gasteiger partial charge on any atom is 0.319 e. The van der Waals surface area contributed by atoms with Crippen LogP contribution in [0.1, 0.15) is 27.9 Å². The zero-order valence-corrected chi connectivity index (χ0v) is 20.3. The maximum atomic E-state index is 12.0. The molecule has 0 spiro atoms. The van der Waals surface area contributed by atoms with E-state index >= 15 is 0 Å². The number of benzene rings is 1. The van der Waals surface area contributed by atoms with Gasteiger partial charge in [-0.25, -0.2) is 0 Å². The summed E-state index contributed by atoms with van der Waals surface area (Å²) in [5.41, 5.74) is 14.1. The molecule has 1 aliphatic rings. The number of halogens is 1. The first-order chi connectivity index (χ1) is 17.0. The molecule has 35 heavy (non-hydrogen) atoms. The Hall–Kier alpha value is -3.25. The maximum absolute atomic E-state index is 12.0. The summed E-state index contributed by atoms with van der Waals surface area (Å²) in [5, 5.41) is 8.26. The summed E-state index contributed by atoms with van der Waals surface area (Å²) in [7, 11) is 0. The van der Waals surface area contributed by atoms with Crippen molar-refractivity contribution in [3.63, 3.8) is 0 Å². The Morgan fingerprint density at radius 1 is 1.29 bits per heavy atom. The van der Waals surface area contributed by atoms with Crippen molar-refractivity contribution in [3.05, 3.63) is 52.1 Å². The van der Waals surface area contributed by atoms with Gasteiger partial charge in [-0.15, -0.1) is 11.3 Å². The van der Waals surface area contributed by atoms with Gasteiger partial charge >= 0.3 is 6.01 Å². The van der Waals surface area contributed by atoms with Crippen molar-refractivity contribution in [1.82, 2.24) is 25.1 Å². The van der Waals surface area contributed by atoms with E-state index in [1.54, 1.807) is 18.3 Å². The molecule has 12 heteroatoms. The normalized spacial score (nSPS) is 15.3. The number of aromatic nitrogens is 4. The number of thiophene rings is 1. The number of nitrogens with one attached hydrogen (secondary N) is 1. The Morgan fingerprint density at radius 2 is 2.11 bits per heavy atom. The smallest absolute Gasteiger partial charge is 0.319 e. The number of H-pyrrole nitrogens is 1. The number of nitrogens with zero attached hydrogens (tertiary/aromatic N) is 4. The highest BCUT2D eigenvalue weighted by Crippen LogP contribution is 2.40. The lowest BCUT2D eigenvalue weighted by Crippen LogP contribution is -2.37. The van der Waals surface area contributed by atoms with Crippen LogP contribution < -0.4 is 16.2 Å². The summed E-state index contributed by atoms with van der Waals surface area (Å²) in [4.78, 5) is 24.3. The molecule has 1 atom stereocenters. The van der Waals surface area contributed by atoms with Crippen LogP contribution in [0.3, 0.4) is 0 Å². The SMILES string of the molecule is NC(=O)c1sc2nc(OC(CCN3CCOCC3)c3cc[nH]n3)nc(-c3cccc(Cl)c3)c2c1N. The number of carbonyl (C=O) groups excluding carboxylic acids is 1. The number of nitrogen functional groups attached to an aromatic ring is 1. The third-order valence-electron chi connectivity index (χ3n) is 5.80. The lowest BCUT2D eigenvalue weighted by molar-refractivity contribution is 0.0309. The molecule has 4 heterocycles. The van der Waals surface area contributed by atoms with Gasteiger partial charge in [0.1, 0.15) is 21.5 Å². The number of morpholine rings is 1. The van der Waals surface area contributed by atoms with Crippen molar-refractivity contribution < 1.29 is 14.3 Å². The number of aromatic amines is 1. The third kappa shape index (κ3) is 5.08. The third-order valence-corrected chi connectivity index (χ3v) is 7.15. The van der Waals surface area contributed by atoms with E-state index < -0.39 is 5.91 Å². The van der Waals surface area contributed by atoms with E-state index in [-0.39, 0.29) is 22.7 Å². The van der Waals surface area contributed by atoms with Crippen molar-refractivity contribution in [2.45, 2.75) is 12.5 Å². The van der Waals surface area contributed by atoms with E-state index in [0.29, 0.717) is 27.4 Å². The largest absolute Gasteiger partial charge is 0.453 e. The Labute approximate surface area is 210 Å². The molecule has 0 saturated carbocycles. The zero-order chi connectivity index (χ0) is 24.4. The lowest BCUT2D eigenvalue weighted by atomic mass is 10.1. The molecule has 0 bridgehead atoms. The minimum absolute atomic E-state index is 0.153. The number of hydrogen-bond donors (Lipinski definition) is 3. The Balaban J connectivity index is 1.53. The fraction of sp³-hybridized carbons (Fsp3) is 0.304. The molecule has 3 aromatic heterocycles. The second-order valence-corrected chi connectivity index (χ2v) is 9.54. The number of amides is 1. The molecule has 0 radical (unpaired) electrons. The average Bonchev–Trinajstić information content (AvgIpc) is 3.50. The topological polar surface area (TPSA) is 145 Å². The van der Waals surface area contributed by atoms with Gasteiger partial charge in [0.2, 0.25) is 0 Å². The number of carbonyl (C=O) groups is 1. The predicted octanol–water partition coefficient (Wildman–Crippen LogP) is 3.26. The molecule has 1 aliphatic heterocycles. The first kappa shape index (κ1) is 23.5. The summed E-state index contributed by atoms with van der Waals surface area (Å²) in [6.45, 7) is 4.00. The van der Waals surface area contributed by atoms with Gasteiger partial charge in [0, 0.05) is 42.8 Å². The van der Waals surface area contributed by atoms with Crippen molar-refractivity contribution in [2.24, 2.45) is 5.73 Å². The van der Waals surface area contributed by atoms with Crippen LogP contribution in [-0.2, 0) is 4.74 Å². The van der Waals surface area contributed by atoms with Crippen LogP contribution in [-0.4, -0.2) is 63.8 Å². The van der Waals surface area contributed by atoms with E-state index in [4.69, 9.17) is 37.5 Å². The quantitative estimate of drug-likeness (QED) is 0.325. The molecule has 5 N–H and O–H groups in total. The summed E-state index contributed by atoms with van der Waals surface area (Å²) in [6, 6.07) is 9.25. The molecular weight excluding hydrogens is 490 g/mol. The number of anilines is 1. The van der Waals surface area contributed by atoms with Crippen LogP contribution in [0, 0.1) is 0 Å². The Morgan fingerprint density at radius 3 is 2.83 bits per heavy atom. The summed E-state index contributed by atoms with van der Waals surface area (Å²) >= 11 is 7.36. The van der Waals surface area contributed by atoms with Crippen LogP contribution in [0.5, 0.6) is 6.01 Å². The van der Waals surface area contributed by atoms with E-state index in [9.17, 15) is 4.79 Å². The lowest BCUT2D eigenvalue weighted by Gasteiger charge is -2.28. The van der Waals surface area contributed by atoms with Crippen molar-refractivity contribution in [2.75, 3.05) is 38.6 Å². The average molecular weight is 514 g/mol. The van der Waals surface area contributed by atoms with Crippen LogP contribution in [0.2, 0.25) is 5.02 Å². The van der Waals surface area contributed by atoms with E-state index in [1.807, 2.05) is 18.2 Å². The van der Waals surface area contributed by atoms with E-state index in [1.165, 1.54) is 0 Å². The highest BCUT2D eigenvalue weighted by Gasteiger charge is 2.24. The Kier molecular flexibility index (Phi) is 6.82. The van der Waals surface area contributed by atoms with Crippen molar-refractivity contribution in [1.29, 1.82) is 0 Å². The predicted molar refractivity (Wildman–Crippen MR) is 135 cm³/mol. The van der Waals surface area contributed by atoms with Gasteiger partial charge in [-0.2, -0.15) is 15.1 Å². The number of primary amides is 1. The number of hydrogen-bond acceptors (Lipinski definition) is 9. The van der Waals surface area contributed by atoms with Gasteiger partial charge in [-0.1, -0.05) is 23.7 Å². The number of rotatable bonds is 8. The molecule has 5 rings (SSSR count). The standard InChI is InChI=1S/C23H24ClN7O3S/c24-14-3-1-2-13(12-14)19-17-18(25)20(21(26)32)35-22(17)29-23(28-19)34-16(15-4-6-27-30-15)5-7-31-8-10-33-11-9-31/h1-4,6,12,16H,5,7-11,25H2,(H2,26,32)(H,27,30). The fourth-order valence-corrected chi connectivity index (χ4v) is 5.18. The Bertz CT molecular complexity index is 1340. The van der Waals surface area contributed by atoms with Crippen molar-refractivity contribution in [3.8, 4) is 17.3 Å². The monoisotopic (exact) mass is 513 g/mol. The first-order valence-corrected chi connectivity index (χ1v) is 12.3. The van der Waals surface area contributed by atoms with Gasteiger partial charge in [0.25, 0.3) is 5.91 Å². The summed E-state index contributed by atoms with van der Waals surface area (Å²) in [5.74, 6) is -0.620. The molecule has 1 unspecified atom stereocenters. The van der Waals surface area contributed by atoms with Gasteiger partial charge in [0.05, 0.1) is 30.0 Å². The minimum Gasteiger partial charge on any atom is -0.453 e. The molecule has 1 aromatic carbocycles. The molecule has 0 aliphatic carbocycles.